The van der Waals surface area contributed by atoms with E-state index >= 15 is 0 Å². The van der Waals surface area contributed by atoms with Crippen molar-refractivity contribution in [3.8, 4) is 0 Å². The monoisotopic (exact) mass is 279 g/mol. The number of halogens is 1. The van der Waals surface area contributed by atoms with Crippen molar-refractivity contribution in [1.29, 1.82) is 0 Å². The number of rotatable bonds is 5. The lowest BCUT2D eigenvalue weighted by molar-refractivity contribution is -0.135. The summed E-state index contributed by atoms with van der Waals surface area (Å²) in [5, 5.41) is 13.7. The van der Waals surface area contributed by atoms with Gasteiger partial charge >= 0.3 is 5.97 Å². The first kappa shape index (κ1) is 13.4. The number of carboxylic acids is 1. The molecule has 6 heteroatoms. The Labute approximate surface area is 116 Å². The Balaban J connectivity index is 2.22. The van der Waals surface area contributed by atoms with Gasteiger partial charge in [0.2, 0.25) is 0 Å². The summed E-state index contributed by atoms with van der Waals surface area (Å²) in [6, 6.07) is 7.15. The summed E-state index contributed by atoms with van der Waals surface area (Å²) in [4.78, 5) is 12.7. The van der Waals surface area contributed by atoms with Gasteiger partial charge in [0.1, 0.15) is 6.54 Å². The fourth-order valence-corrected chi connectivity index (χ4v) is 2.03. The fraction of sp³-hybridized carbons (Fsp3) is 0.231. The van der Waals surface area contributed by atoms with Crippen molar-refractivity contribution in [2.45, 2.75) is 6.54 Å². The third-order valence-electron chi connectivity index (χ3n) is 2.63. The molecule has 0 spiro atoms. The van der Waals surface area contributed by atoms with Crippen LogP contribution in [0.15, 0.2) is 36.7 Å². The molecule has 0 radical (unpaired) electrons. The normalized spacial score (nSPS) is 10.4. The Kier molecular flexibility index (Phi) is 4.06. The van der Waals surface area contributed by atoms with Gasteiger partial charge < -0.3 is 10.0 Å². The topological polar surface area (TPSA) is 58.4 Å². The Bertz CT molecular complexity index is 583. The van der Waals surface area contributed by atoms with E-state index in [1.54, 1.807) is 34.0 Å². The van der Waals surface area contributed by atoms with Crippen LogP contribution in [0.5, 0.6) is 0 Å². The highest BCUT2D eigenvalue weighted by Crippen LogP contribution is 2.21. The van der Waals surface area contributed by atoms with Crippen molar-refractivity contribution >= 4 is 23.3 Å². The SMILES string of the molecule is Cn1cc(CN(CC(=O)O)c2cccc(Cl)c2)cn1. The molecule has 1 aromatic heterocycles. The zero-order chi connectivity index (χ0) is 13.8. The number of nitrogens with zero attached hydrogens (tertiary/aromatic N) is 3. The first-order chi connectivity index (χ1) is 9.04. The number of hydrogen-bond acceptors (Lipinski definition) is 3. The number of anilines is 1. The van der Waals surface area contributed by atoms with Crippen LogP contribution >= 0.6 is 11.6 Å². The summed E-state index contributed by atoms with van der Waals surface area (Å²) in [6.07, 6.45) is 3.58. The summed E-state index contributed by atoms with van der Waals surface area (Å²) >= 11 is 5.94. The van der Waals surface area contributed by atoms with Crippen LogP contribution in [0.25, 0.3) is 0 Å². The number of hydrogen-bond donors (Lipinski definition) is 1. The van der Waals surface area contributed by atoms with Gasteiger partial charge in [0, 0.05) is 36.1 Å². The van der Waals surface area contributed by atoms with Crippen LogP contribution in [-0.2, 0) is 18.4 Å². The summed E-state index contributed by atoms with van der Waals surface area (Å²) in [6.45, 7) is 0.385. The lowest BCUT2D eigenvalue weighted by Crippen LogP contribution is -2.29. The predicted octanol–water partition coefficient (Wildman–Crippen LogP) is 2.16. The quantitative estimate of drug-likeness (QED) is 0.911. The van der Waals surface area contributed by atoms with E-state index in [4.69, 9.17) is 16.7 Å². The highest BCUT2D eigenvalue weighted by molar-refractivity contribution is 6.30. The lowest BCUT2D eigenvalue weighted by atomic mass is 10.2. The number of carbonyl (C=O) groups is 1. The Morgan fingerprint density at radius 2 is 2.32 bits per heavy atom. The Morgan fingerprint density at radius 1 is 1.53 bits per heavy atom. The van der Waals surface area contributed by atoms with Gasteiger partial charge in [-0.15, -0.1) is 0 Å². The summed E-state index contributed by atoms with van der Waals surface area (Å²) in [7, 11) is 1.82. The van der Waals surface area contributed by atoms with Crippen molar-refractivity contribution < 1.29 is 9.90 Å². The van der Waals surface area contributed by atoms with Crippen molar-refractivity contribution in [3.63, 3.8) is 0 Å². The molecule has 0 saturated heterocycles. The van der Waals surface area contributed by atoms with E-state index in [1.807, 2.05) is 19.3 Å². The molecule has 0 amide bonds. The van der Waals surface area contributed by atoms with Gasteiger partial charge in [0.05, 0.1) is 6.20 Å². The molecule has 1 aromatic carbocycles. The summed E-state index contributed by atoms with van der Waals surface area (Å²) in [5.74, 6) is -0.885. The molecule has 0 fully saturated rings. The van der Waals surface area contributed by atoms with Crippen LogP contribution < -0.4 is 4.90 Å². The fourth-order valence-electron chi connectivity index (χ4n) is 1.85. The largest absolute Gasteiger partial charge is 0.480 e. The third kappa shape index (κ3) is 3.72. The van der Waals surface area contributed by atoms with Gasteiger partial charge in [0.25, 0.3) is 0 Å². The van der Waals surface area contributed by atoms with E-state index in [1.165, 1.54) is 0 Å². The molecule has 1 N–H and O–H groups in total. The highest BCUT2D eigenvalue weighted by atomic mass is 35.5. The minimum Gasteiger partial charge on any atom is -0.480 e. The van der Waals surface area contributed by atoms with Crippen LogP contribution in [-0.4, -0.2) is 27.4 Å². The van der Waals surface area contributed by atoms with Crippen molar-refractivity contribution in [1.82, 2.24) is 9.78 Å². The van der Waals surface area contributed by atoms with Crippen molar-refractivity contribution in [3.05, 3.63) is 47.2 Å². The molecule has 2 aromatic rings. The van der Waals surface area contributed by atoms with E-state index in [0.29, 0.717) is 11.6 Å². The molecule has 5 nitrogen and oxygen atoms in total. The van der Waals surface area contributed by atoms with E-state index in [0.717, 1.165) is 11.3 Å². The minimum atomic E-state index is -0.885. The van der Waals surface area contributed by atoms with Gasteiger partial charge in [-0.3, -0.25) is 9.48 Å². The molecule has 0 saturated carbocycles. The third-order valence-corrected chi connectivity index (χ3v) is 2.87. The lowest BCUT2D eigenvalue weighted by Gasteiger charge is -2.22. The molecule has 2 rings (SSSR count). The minimum absolute atomic E-state index is 0.0881. The molecule has 0 aliphatic rings. The maximum absolute atomic E-state index is 11.0. The molecule has 0 atom stereocenters. The molecule has 1 heterocycles. The zero-order valence-electron chi connectivity index (χ0n) is 10.5. The highest BCUT2D eigenvalue weighted by Gasteiger charge is 2.12. The maximum Gasteiger partial charge on any atom is 0.323 e. The second kappa shape index (κ2) is 5.75. The van der Waals surface area contributed by atoms with E-state index < -0.39 is 5.97 Å². The smallest absolute Gasteiger partial charge is 0.323 e. The number of aromatic nitrogens is 2. The number of benzene rings is 1. The second-order valence-corrected chi connectivity index (χ2v) is 4.69. The van der Waals surface area contributed by atoms with Crippen LogP contribution in [0.3, 0.4) is 0 Å². The van der Waals surface area contributed by atoms with Crippen LogP contribution in [0.4, 0.5) is 5.69 Å². The van der Waals surface area contributed by atoms with Crippen molar-refractivity contribution in [2.75, 3.05) is 11.4 Å². The van der Waals surface area contributed by atoms with Gasteiger partial charge in [0.15, 0.2) is 0 Å². The molecule has 0 aliphatic heterocycles. The number of aliphatic carboxylic acids is 1. The Hall–Kier alpha value is -2.01. The van der Waals surface area contributed by atoms with E-state index in [2.05, 4.69) is 5.10 Å². The summed E-state index contributed by atoms with van der Waals surface area (Å²) in [5.41, 5.74) is 1.72. The molecule has 19 heavy (non-hydrogen) atoms. The van der Waals surface area contributed by atoms with Crippen LogP contribution in [0, 0.1) is 0 Å². The molecular weight excluding hydrogens is 266 g/mol. The Morgan fingerprint density at radius 3 is 2.89 bits per heavy atom. The molecule has 0 bridgehead atoms. The van der Waals surface area contributed by atoms with Crippen molar-refractivity contribution in [2.24, 2.45) is 7.05 Å². The average molecular weight is 280 g/mol. The molecule has 100 valence electrons. The first-order valence-electron chi connectivity index (χ1n) is 5.74. The van der Waals surface area contributed by atoms with Gasteiger partial charge in [-0.2, -0.15) is 5.10 Å². The standard InChI is InChI=1S/C13H14ClN3O2/c1-16-7-10(6-15-16)8-17(9-13(18)19)12-4-2-3-11(14)5-12/h2-7H,8-9H2,1H3,(H,18,19). The van der Waals surface area contributed by atoms with Crippen LogP contribution in [0.2, 0.25) is 5.02 Å². The van der Waals surface area contributed by atoms with Gasteiger partial charge in [-0.05, 0) is 18.2 Å². The average Bonchev–Trinajstić information content (AvgIpc) is 2.73. The summed E-state index contributed by atoms with van der Waals surface area (Å²) < 4.78 is 1.69. The zero-order valence-corrected chi connectivity index (χ0v) is 11.2. The molecular formula is C13H14ClN3O2. The van der Waals surface area contributed by atoms with E-state index in [-0.39, 0.29) is 6.54 Å². The molecule has 0 aliphatic carbocycles. The number of aryl methyl sites for hydroxylation is 1. The second-order valence-electron chi connectivity index (χ2n) is 4.25. The first-order valence-corrected chi connectivity index (χ1v) is 6.12. The van der Waals surface area contributed by atoms with Gasteiger partial charge in [-0.1, -0.05) is 17.7 Å². The predicted molar refractivity (Wildman–Crippen MR) is 73.3 cm³/mol. The van der Waals surface area contributed by atoms with Crippen LogP contribution in [0.1, 0.15) is 5.56 Å². The number of carboxylic acid groups (broad SMARTS) is 1. The maximum atomic E-state index is 11.0. The van der Waals surface area contributed by atoms with E-state index in [9.17, 15) is 4.79 Å². The molecule has 0 unspecified atom stereocenters. The van der Waals surface area contributed by atoms with Gasteiger partial charge in [-0.25, -0.2) is 0 Å².